The van der Waals surface area contributed by atoms with Gasteiger partial charge < -0.3 is 19.5 Å². The van der Waals surface area contributed by atoms with E-state index in [4.69, 9.17) is 9.84 Å². The Morgan fingerprint density at radius 1 is 1.00 bits per heavy atom. The van der Waals surface area contributed by atoms with Crippen LogP contribution >= 0.6 is 0 Å². The highest BCUT2D eigenvalue weighted by Crippen LogP contribution is 2.37. The van der Waals surface area contributed by atoms with Crippen molar-refractivity contribution >= 4 is 56.7 Å². The Morgan fingerprint density at radius 3 is 2.63 bits per heavy atom. The molecule has 14 heteroatoms. The lowest BCUT2D eigenvalue weighted by atomic mass is 9.85. The first-order valence-corrected chi connectivity index (χ1v) is 18.9. The van der Waals surface area contributed by atoms with Crippen molar-refractivity contribution in [3.05, 3.63) is 78.4 Å². The number of imide groups is 1. The fraction of sp³-hybridized carbons (Fsp3) is 0.400. The van der Waals surface area contributed by atoms with Gasteiger partial charge in [0.15, 0.2) is 11.5 Å². The molecule has 278 valence electrons. The topological polar surface area (TPSA) is 144 Å². The summed E-state index contributed by atoms with van der Waals surface area (Å²) in [5.41, 5.74) is 5.30. The van der Waals surface area contributed by atoms with Crippen molar-refractivity contribution in [1.82, 2.24) is 39.2 Å². The molecule has 4 aromatic heterocycles. The summed E-state index contributed by atoms with van der Waals surface area (Å²) in [5, 5.41) is 16.8. The second-order valence-corrected chi connectivity index (χ2v) is 14.9. The summed E-state index contributed by atoms with van der Waals surface area (Å²) in [6.07, 6.45) is 12.7. The summed E-state index contributed by atoms with van der Waals surface area (Å²) in [7, 11) is 1.57. The Hall–Kier alpha value is -5.76. The van der Waals surface area contributed by atoms with E-state index < -0.39 is 0 Å². The number of imidazole rings is 1. The molecular formula is C40H44N10O4. The number of ether oxygens (including phenoxy) is 1. The first-order chi connectivity index (χ1) is 26.3. The number of rotatable bonds is 8. The number of carbonyl (C=O) groups is 3. The number of hydrogen-bond donors (Lipinski definition) is 2. The third-order valence-electron chi connectivity index (χ3n) is 11.6. The van der Waals surface area contributed by atoms with E-state index in [2.05, 4.69) is 77.3 Å². The van der Waals surface area contributed by atoms with E-state index in [1.165, 1.54) is 11.1 Å². The fourth-order valence-corrected chi connectivity index (χ4v) is 8.79. The molecule has 0 bridgehead atoms. The van der Waals surface area contributed by atoms with Crippen LogP contribution < -0.4 is 20.3 Å². The minimum absolute atomic E-state index is 0.193. The molecule has 14 nitrogen and oxygen atoms in total. The predicted octanol–water partition coefficient (Wildman–Crippen LogP) is 5.13. The molecule has 2 aliphatic heterocycles. The molecule has 6 aromatic rings. The molecular weight excluding hydrogens is 685 g/mol. The van der Waals surface area contributed by atoms with Crippen LogP contribution in [0.5, 0.6) is 5.75 Å². The highest BCUT2D eigenvalue weighted by Gasteiger charge is 2.31. The number of benzene rings is 2. The maximum absolute atomic E-state index is 13.4. The highest BCUT2D eigenvalue weighted by molar-refractivity contribution is 6.08. The van der Waals surface area contributed by atoms with Gasteiger partial charge in [-0.25, -0.2) is 4.98 Å². The molecule has 54 heavy (non-hydrogen) atoms. The summed E-state index contributed by atoms with van der Waals surface area (Å²) in [5.74, 6) is 0.889. The molecule has 3 fully saturated rings. The fourth-order valence-electron chi connectivity index (χ4n) is 8.79. The van der Waals surface area contributed by atoms with Crippen molar-refractivity contribution in [3.63, 3.8) is 0 Å². The quantitative estimate of drug-likeness (QED) is 0.204. The van der Waals surface area contributed by atoms with Gasteiger partial charge in [-0.05, 0) is 80.8 Å². The molecule has 1 saturated carbocycles. The van der Waals surface area contributed by atoms with Gasteiger partial charge in [0.25, 0.3) is 5.91 Å². The summed E-state index contributed by atoms with van der Waals surface area (Å²) in [6, 6.07) is 13.6. The van der Waals surface area contributed by atoms with Crippen molar-refractivity contribution < 1.29 is 19.1 Å². The van der Waals surface area contributed by atoms with E-state index in [-0.39, 0.29) is 23.8 Å². The van der Waals surface area contributed by atoms with Crippen LogP contribution in [0.4, 0.5) is 11.5 Å². The van der Waals surface area contributed by atoms with E-state index >= 15 is 0 Å². The van der Waals surface area contributed by atoms with Crippen LogP contribution in [-0.2, 0) is 9.59 Å². The maximum Gasteiger partial charge on any atom is 0.260 e. The molecule has 2 saturated heterocycles. The Kier molecular flexibility index (Phi) is 8.76. The average molecular weight is 729 g/mol. The number of aryl methyl sites for hydroxylation is 1. The van der Waals surface area contributed by atoms with E-state index in [0.717, 1.165) is 80.4 Å². The van der Waals surface area contributed by atoms with Crippen molar-refractivity contribution in [3.8, 4) is 5.75 Å². The number of piperazine rings is 1. The SMILES string of the molecule is COc1cc2nn(C3CCC(CN4CCN(c5cccc6c5c(C)cn6C5CCC(=O)NC5=O)CC4)CC3)cc2cc1C(=O)Nc1cnc2cccnn12. The van der Waals surface area contributed by atoms with Crippen LogP contribution in [0.2, 0.25) is 0 Å². The number of anilines is 2. The van der Waals surface area contributed by atoms with Crippen molar-refractivity contribution in [2.45, 2.75) is 57.5 Å². The van der Waals surface area contributed by atoms with Gasteiger partial charge in [0.2, 0.25) is 11.8 Å². The zero-order valence-electron chi connectivity index (χ0n) is 30.6. The van der Waals surface area contributed by atoms with E-state index in [1.807, 2.05) is 18.2 Å². The number of nitrogens with zero attached hydrogens (tertiary/aromatic N) is 8. The molecule has 3 aliphatic rings. The zero-order valence-corrected chi connectivity index (χ0v) is 30.6. The number of amides is 3. The van der Waals surface area contributed by atoms with E-state index in [9.17, 15) is 14.4 Å². The van der Waals surface area contributed by atoms with Gasteiger partial charge in [-0.15, -0.1) is 0 Å². The number of nitrogens with one attached hydrogen (secondary N) is 2. The van der Waals surface area contributed by atoms with Gasteiger partial charge in [0, 0.05) is 80.3 Å². The largest absolute Gasteiger partial charge is 0.496 e. The number of hydrogen-bond acceptors (Lipinski definition) is 9. The average Bonchev–Trinajstić information content (AvgIpc) is 3.90. The van der Waals surface area contributed by atoms with Gasteiger partial charge in [0.05, 0.1) is 35.9 Å². The number of aromatic nitrogens is 6. The zero-order chi connectivity index (χ0) is 36.9. The summed E-state index contributed by atoms with van der Waals surface area (Å²) in [4.78, 5) is 47.3. The standard InChI is InChI=1S/C40H44N10O4/c1-25-22-48(33-12-13-37(51)44-40(33)53)32-6-3-5-31(38(25)32)47-17-15-46(16-18-47)23-26-8-10-28(11-9-26)49-24-27-19-29(34(54-2)20-30(27)45-49)39(52)43-36-21-41-35-7-4-14-42-50(35)36/h3-7,14,19-22,24,26,28,33H,8-13,15-18,23H2,1-2H3,(H,43,52)(H,44,51,53). The predicted molar refractivity (Wildman–Crippen MR) is 205 cm³/mol. The first-order valence-electron chi connectivity index (χ1n) is 18.9. The van der Waals surface area contributed by atoms with Gasteiger partial charge in [-0.1, -0.05) is 6.07 Å². The monoisotopic (exact) mass is 728 g/mol. The second kappa shape index (κ2) is 13.9. The molecule has 6 heterocycles. The number of fused-ring (bicyclic) bond motifs is 3. The Bertz CT molecular complexity index is 2400. The van der Waals surface area contributed by atoms with Crippen LogP contribution in [0.25, 0.3) is 27.5 Å². The molecule has 9 rings (SSSR count). The van der Waals surface area contributed by atoms with Crippen molar-refractivity contribution in [2.24, 2.45) is 5.92 Å². The molecule has 1 atom stereocenters. The third kappa shape index (κ3) is 6.23. The summed E-state index contributed by atoms with van der Waals surface area (Å²) < 4.78 is 11.4. The Labute approximate surface area is 312 Å². The molecule has 3 amide bonds. The van der Waals surface area contributed by atoms with Crippen molar-refractivity contribution in [2.75, 3.05) is 50.1 Å². The Balaban J connectivity index is 0.812. The molecule has 0 radical (unpaired) electrons. The van der Waals surface area contributed by atoms with Crippen LogP contribution in [-0.4, -0.2) is 91.4 Å². The lowest BCUT2D eigenvalue weighted by Gasteiger charge is -2.39. The van der Waals surface area contributed by atoms with Gasteiger partial charge in [0.1, 0.15) is 11.8 Å². The maximum atomic E-state index is 13.4. The normalized spacial score (nSPS) is 21.2. The summed E-state index contributed by atoms with van der Waals surface area (Å²) in [6.45, 7) is 7.16. The van der Waals surface area contributed by atoms with Crippen molar-refractivity contribution in [1.29, 1.82) is 0 Å². The minimum atomic E-state index is -0.364. The second-order valence-electron chi connectivity index (χ2n) is 14.9. The number of carbonyl (C=O) groups excluding carboxylic acids is 3. The smallest absolute Gasteiger partial charge is 0.260 e. The first kappa shape index (κ1) is 34.0. The lowest BCUT2D eigenvalue weighted by molar-refractivity contribution is -0.135. The number of methoxy groups -OCH3 is 1. The molecule has 0 spiro atoms. The van der Waals surface area contributed by atoms with E-state index in [1.54, 1.807) is 30.1 Å². The van der Waals surface area contributed by atoms with Crippen LogP contribution in [0.15, 0.2) is 67.3 Å². The van der Waals surface area contributed by atoms with Gasteiger partial charge in [-0.3, -0.25) is 29.3 Å². The third-order valence-corrected chi connectivity index (χ3v) is 11.6. The van der Waals surface area contributed by atoms with Crippen LogP contribution in [0.1, 0.15) is 66.5 Å². The lowest BCUT2D eigenvalue weighted by Crippen LogP contribution is -2.48. The van der Waals surface area contributed by atoms with E-state index in [0.29, 0.717) is 47.6 Å². The van der Waals surface area contributed by atoms with Gasteiger partial charge >= 0.3 is 0 Å². The molecule has 2 N–H and O–H groups in total. The van der Waals surface area contributed by atoms with Gasteiger partial charge in [-0.2, -0.15) is 14.7 Å². The highest BCUT2D eigenvalue weighted by atomic mass is 16.5. The minimum Gasteiger partial charge on any atom is -0.496 e. The van der Waals surface area contributed by atoms with Crippen LogP contribution in [0, 0.1) is 12.8 Å². The molecule has 1 unspecified atom stereocenters. The number of piperidine rings is 1. The molecule has 1 aliphatic carbocycles. The summed E-state index contributed by atoms with van der Waals surface area (Å²) >= 11 is 0. The Morgan fingerprint density at radius 2 is 1.83 bits per heavy atom. The van der Waals surface area contributed by atoms with Crippen LogP contribution in [0.3, 0.4) is 0 Å². The molecule has 2 aromatic carbocycles.